The van der Waals surface area contributed by atoms with Crippen LogP contribution in [0.15, 0.2) is 42.5 Å². The number of thiazole rings is 1. The highest BCUT2D eigenvalue weighted by molar-refractivity contribution is 7.22. The molecule has 1 heterocycles. The van der Waals surface area contributed by atoms with E-state index in [1.54, 1.807) is 24.1 Å². The van der Waals surface area contributed by atoms with Crippen LogP contribution in [0.4, 0.5) is 5.13 Å². The van der Waals surface area contributed by atoms with Crippen molar-refractivity contribution in [2.45, 2.75) is 6.92 Å². The number of hydrogen-bond acceptors (Lipinski definition) is 7. The number of benzene rings is 2. The van der Waals surface area contributed by atoms with Crippen LogP contribution in [0.25, 0.3) is 10.2 Å². The number of carbonyl (C=O) groups excluding carboxylic acids is 1. The van der Waals surface area contributed by atoms with E-state index in [4.69, 9.17) is 14.2 Å². The fourth-order valence-electron chi connectivity index (χ4n) is 2.78. The van der Waals surface area contributed by atoms with E-state index >= 15 is 0 Å². The first-order valence-electron chi connectivity index (χ1n) is 9.75. The largest absolute Gasteiger partial charge is 0.497 e. The Morgan fingerprint density at radius 2 is 1.67 bits per heavy atom. The number of ether oxygens (including phenoxy) is 3. The van der Waals surface area contributed by atoms with Gasteiger partial charge in [0.05, 0.1) is 23.9 Å². The number of carbonyl (C=O) groups is 1. The second kappa shape index (κ2) is 10.3. The van der Waals surface area contributed by atoms with Crippen LogP contribution in [0, 0.1) is 0 Å². The van der Waals surface area contributed by atoms with E-state index in [-0.39, 0.29) is 12.5 Å². The second-order valence-electron chi connectivity index (χ2n) is 6.87. The number of rotatable bonds is 10. The van der Waals surface area contributed by atoms with Gasteiger partial charge >= 0.3 is 0 Å². The zero-order valence-corrected chi connectivity index (χ0v) is 18.6. The van der Waals surface area contributed by atoms with Crippen LogP contribution in [0.2, 0.25) is 0 Å². The molecule has 7 nitrogen and oxygen atoms in total. The summed E-state index contributed by atoms with van der Waals surface area (Å²) in [6.45, 7) is 3.71. The summed E-state index contributed by atoms with van der Waals surface area (Å²) in [5.74, 6) is 2.02. The molecule has 0 unspecified atom stereocenters. The molecule has 0 aliphatic rings. The molecule has 0 saturated heterocycles. The maximum absolute atomic E-state index is 13.0. The lowest BCUT2D eigenvalue weighted by atomic mass is 10.3. The summed E-state index contributed by atoms with van der Waals surface area (Å²) in [6.07, 6.45) is 0. The third-order valence-corrected chi connectivity index (χ3v) is 5.43. The van der Waals surface area contributed by atoms with Crippen molar-refractivity contribution in [2.75, 3.05) is 52.4 Å². The normalized spacial score (nSPS) is 11.0. The second-order valence-corrected chi connectivity index (χ2v) is 7.88. The molecule has 8 heteroatoms. The first kappa shape index (κ1) is 21.9. The highest BCUT2D eigenvalue weighted by Gasteiger charge is 2.20. The summed E-state index contributed by atoms with van der Waals surface area (Å²) in [6, 6.07) is 13.0. The van der Waals surface area contributed by atoms with Crippen LogP contribution >= 0.6 is 11.3 Å². The van der Waals surface area contributed by atoms with Crippen LogP contribution in [0.3, 0.4) is 0 Å². The zero-order chi connectivity index (χ0) is 21.5. The van der Waals surface area contributed by atoms with E-state index in [1.165, 1.54) is 11.3 Å². The average molecular weight is 430 g/mol. The minimum Gasteiger partial charge on any atom is -0.497 e. The molecule has 0 aliphatic carbocycles. The van der Waals surface area contributed by atoms with Crippen LogP contribution < -0.4 is 19.1 Å². The number of fused-ring (bicyclic) bond motifs is 1. The van der Waals surface area contributed by atoms with Crippen LogP contribution in [-0.2, 0) is 4.79 Å². The van der Waals surface area contributed by atoms with Crippen molar-refractivity contribution >= 4 is 32.6 Å². The first-order valence-corrected chi connectivity index (χ1v) is 10.6. The minimum absolute atomic E-state index is 0.0688. The molecular formula is C22H27N3O4S. The monoisotopic (exact) mass is 429 g/mol. The Hall–Kier alpha value is -2.84. The molecule has 0 atom stereocenters. The lowest BCUT2D eigenvalue weighted by Gasteiger charge is -2.22. The Balaban J connectivity index is 1.74. The molecule has 1 amide bonds. The number of amides is 1. The van der Waals surface area contributed by atoms with E-state index in [9.17, 15) is 4.79 Å². The highest BCUT2D eigenvalue weighted by Crippen LogP contribution is 2.31. The van der Waals surface area contributed by atoms with Crippen LogP contribution in [-0.4, -0.2) is 63.3 Å². The van der Waals surface area contributed by atoms with Gasteiger partial charge < -0.3 is 19.1 Å². The van der Waals surface area contributed by atoms with Gasteiger partial charge in [-0.1, -0.05) is 11.3 Å². The molecular weight excluding hydrogens is 402 g/mol. The Kier molecular flexibility index (Phi) is 7.48. The smallest absolute Gasteiger partial charge is 0.266 e. The lowest BCUT2D eigenvalue weighted by molar-refractivity contribution is -0.120. The van der Waals surface area contributed by atoms with Gasteiger partial charge in [0, 0.05) is 13.1 Å². The van der Waals surface area contributed by atoms with Gasteiger partial charge in [-0.05, 0) is 63.5 Å². The molecule has 30 heavy (non-hydrogen) atoms. The van der Waals surface area contributed by atoms with E-state index in [2.05, 4.69) is 4.98 Å². The highest BCUT2D eigenvalue weighted by atomic mass is 32.1. The van der Waals surface area contributed by atoms with Gasteiger partial charge in [-0.15, -0.1) is 0 Å². The molecule has 0 aliphatic heterocycles. The Morgan fingerprint density at radius 1 is 1.00 bits per heavy atom. The fraction of sp³-hybridized carbons (Fsp3) is 0.364. The molecule has 0 radical (unpaired) electrons. The number of anilines is 1. The summed E-state index contributed by atoms with van der Waals surface area (Å²) in [4.78, 5) is 21.4. The quantitative estimate of drug-likeness (QED) is 0.490. The number of likely N-dealkylation sites (N-methyl/N-ethyl adjacent to an activating group) is 1. The third kappa shape index (κ3) is 5.61. The Morgan fingerprint density at radius 3 is 2.30 bits per heavy atom. The van der Waals surface area contributed by atoms with Crippen molar-refractivity contribution in [3.8, 4) is 17.2 Å². The summed E-state index contributed by atoms with van der Waals surface area (Å²) in [5, 5.41) is 0.653. The van der Waals surface area contributed by atoms with E-state index in [1.807, 2.05) is 56.3 Å². The van der Waals surface area contributed by atoms with E-state index in [0.717, 1.165) is 21.7 Å². The number of aromatic nitrogens is 1. The van der Waals surface area contributed by atoms with Crippen molar-refractivity contribution in [2.24, 2.45) is 0 Å². The molecule has 0 bridgehead atoms. The fourth-order valence-corrected chi connectivity index (χ4v) is 3.82. The van der Waals surface area contributed by atoms with Crippen LogP contribution in [0.5, 0.6) is 17.2 Å². The number of hydrogen-bond donors (Lipinski definition) is 0. The van der Waals surface area contributed by atoms with Crippen molar-refractivity contribution in [3.63, 3.8) is 0 Å². The summed E-state index contributed by atoms with van der Waals surface area (Å²) >= 11 is 1.47. The molecule has 3 rings (SSSR count). The predicted molar refractivity (Wildman–Crippen MR) is 120 cm³/mol. The number of nitrogens with zero attached hydrogens (tertiary/aromatic N) is 3. The maximum atomic E-state index is 13.0. The molecule has 0 saturated carbocycles. The molecule has 160 valence electrons. The molecule has 0 spiro atoms. The summed E-state index contributed by atoms with van der Waals surface area (Å²) in [7, 11) is 5.58. The zero-order valence-electron chi connectivity index (χ0n) is 17.8. The third-order valence-electron chi connectivity index (χ3n) is 4.38. The lowest BCUT2D eigenvalue weighted by Crippen LogP contribution is -2.39. The van der Waals surface area contributed by atoms with Gasteiger partial charge in [-0.2, -0.15) is 0 Å². The van der Waals surface area contributed by atoms with Crippen molar-refractivity contribution < 1.29 is 19.0 Å². The van der Waals surface area contributed by atoms with Gasteiger partial charge in [0.25, 0.3) is 5.91 Å². The van der Waals surface area contributed by atoms with E-state index < -0.39 is 0 Å². The van der Waals surface area contributed by atoms with Crippen molar-refractivity contribution in [3.05, 3.63) is 42.5 Å². The molecule has 3 aromatic rings. The Labute approximate surface area is 180 Å². The molecule has 1 aromatic heterocycles. The minimum atomic E-state index is -0.142. The molecule has 0 fully saturated rings. The van der Waals surface area contributed by atoms with Crippen LogP contribution in [0.1, 0.15) is 6.92 Å². The topological polar surface area (TPSA) is 64.1 Å². The van der Waals surface area contributed by atoms with Gasteiger partial charge in [0.1, 0.15) is 17.2 Å². The van der Waals surface area contributed by atoms with Gasteiger partial charge in [-0.25, -0.2) is 4.98 Å². The SMILES string of the molecule is CCOc1ccc(OCC(=O)N(CCN(C)C)c2nc3ccc(OC)cc3s2)cc1. The molecule has 0 N–H and O–H groups in total. The average Bonchev–Trinajstić information content (AvgIpc) is 3.16. The van der Waals surface area contributed by atoms with E-state index in [0.29, 0.717) is 30.6 Å². The molecule has 2 aromatic carbocycles. The Bertz CT molecular complexity index is 972. The predicted octanol–water partition coefficient (Wildman–Crippen LogP) is 3.68. The number of methoxy groups -OCH3 is 1. The van der Waals surface area contributed by atoms with Crippen molar-refractivity contribution in [1.82, 2.24) is 9.88 Å². The first-order chi connectivity index (χ1) is 14.5. The van der Waals surface area contributed by atoms with Crippen molar-refractivity contribution in [1.29, 1.82) is 0 Å². The van der Waals surface area contributed by atoms with Gasteiger partial charge in [0.2, 0.25) is 0 Å². The summed E-state index contributed by atoms with van der Waals surface area (Å²) < 4.78 is 17.4. The van der Waals surface area contributed by atoms with Gasteiger partial charge in [-0.3, -0.25) is 9.69 Å². The standard InChI is InChI=1S/C22H27N3O4S/c1-5-28-16-6-8-17(9-7-16)29-15-21(26)25(13-12-24(2)3)22-23-19-11-10-18(27-4)14-20(19)30-22/h6-11,14H,5,12-13,15H2,1-4H3. The maximum Gasteiger partial charge on any atom is 0.266 e. The van der Waals surface area contributed by atoms with Gasteiger partial charge in [0.15, 0.2) is 11.7 Å². The summed E-state index contributed by atoms with van der Waals surface area (Å²) in [5.41, 5.74) is 0.839.